The first-order valence-electron chi connectivity index (χ1n) is 8.03. The van der Waals surface area contributed by atoms with Gasteiger partial charge in [0.05, 0.1) is 11.8 Å². The summed E-state index contributed by atoms with van der Waals surface area (Å²) >= 11 is 7.34. The van der Waals surface area contributed by atoms with E-state index in [4.69, 9.17) is 11.6 Å². The van der Waals surface area contributed by atoms with Crippen LogP contribution in [0, 0.1) is 11.3 Å². The first-order valence-corrected chi connectivity index (χ1v) is 9.23. The average Bonchev–Trinajstić information content (AvgIpc) is 3.00. The Morgan fingerprint density at radius 3 is 2.77 bits per heavy atom. The Bertz CT molecular complexity index is 930. The van der Waals surface area contributed by atoms with E-state index in [2.05, 4.69) is 21.9 Å². The van der Waals surface area contributed by atoms with Gasteiger partial charge >= 0.3 is 11.8 Å². The average molecular weight is 387 g/mol. The quantitative estimate of drug-likeness (QED) is 0.481. The lowest BCUT2D eigenvalue weighted by Gasteiger charge is -2.09. The van der Waals surface area contributed by atoms with E-state index in [0.29, 0.717) is 21.2 Å². The van der Waals surface area contributed by atoms with Gasteiger partial charge in [0.1, 0.15) is 11.1 Å². The molecule has 0 saturated carbocycles. The van der Waals surface area contributed by atoms with Crippen molar-refractivity contribution in [3.05, 3.63) is 50.9 Å². The number of hydrazone groups is 1. The van der Waals surface area contributed by atoms with Crippen molar-refractivity contribution in [2.24, 2.45) is 5.10 Å². The zero-order valence-corrected chi connectivity index (χ0v) is 15.3. The number of halogens is 1. The Kier molecular flexibility index (Phi) is 5.66. The number of carbonyl (C=O) groups is 2. The van der Waals surface area contributed by atoms with Gasteiger partial charge in [0.25, 0.3) is 0 Å². The molecule has 132 valence electrons. The van der Waals surface area contributed by atoms with Crippen molar-refractivity contribution in [1.29, 1.82) is 5.26 Å². The van der Waals surface area contributed by atoms with E-state index in [1.807, 2.05) is 0 Å². The van der Waals surface area contributed by atoms with Crippen molar-refractivity contribution in [1.82, 2.24) is 5.43 Å². The molecule has 8 heteroatoms. The zero-order chi connectivity index (χ0) is 18.5. The second-order valence-corrected chi connectivity index (χ2v) is 7.21. The van der Waals surface area contributed by atoms with Crippen LogP contribution in [-0.2, 0) is 22.4 Å². The summed E-state index contributed by atoms with van der Waals surface area (Å²) in [5.41, 5.74) is 4.24. The molecule has 0 unspecified atom stereocenters. The number of nitrogens with one attached hydrogen (secondary N) is 2. The SMILES string of the molecule is N#Cc1c(NC(=O)C(=O)N/N=C/c2ccccc2Cl)sc2c1CCCC2. The number of aryl methyl sites for hydroxylation is 1. The predicted molar refractivity (Wildman–Crippen MR) is 101 cm³/mol. The fraction of sp³-hybridized carbons (Fsp3) is 0.222. The number of nitrogens with zero attached hydrogens (tertiary/aromatic N) is 2. The van der Waals surface area contributed by atoms with Crippen LogP contribution in [0.1, 0.15) is 34.4 Å². The summed E-state index contributed by atoms with van der Waals surface area (Å²) in [7, 11) is 0. The molecule has 0 saturated heterocycles. The summed E-state index contributed by atoms with van der Waals surface area (Å²) in [5.74, 6) is -1.78. The Morgan fingerprint density at radius 1 is 1.23 bits per heavy atom. The molecule has 0 bridgehead atoms. The highest BCUT2D eigenvalue weighted by atomic mass is 35.5. The fourth-order valence-corrected chi connectivity index (χ4v) is 4.14. The molecule has 0 spiro atoms. The molecular weight excluding hydrogens is 372 g/mol. The second kappa shape index (κ2) is 8.13. The number of amides is 2. The van der Waals surface area contributed by atoms with Crippen molar-refractivity contribution in [2.75, 3.05) is 5.32 Å². The van der Waals surface area contributed by atoms with Gasteiger partial charge in [-0.2, -0.15) is 10.4 Å². The van der Waals surface area contributed by atoms with Gasteiger partial charge in [0.2, 0.25) is 0 Å². The van der Waals surface area contributed by atoms with E-state index in [-0.39, 0.29) is 0 Å². The first-order chi connectivity index (χ1) is 12.6. The number of hydrogen-bond donors (Lipinski definition) is 2. The van der Waals surface area contributed by atoms with Crippen LogP contribution in [0.15, 0.2) is 29.4 Å². The maximum atomic E-state index is 12.1. The number of rotatable bonds is 3. The van der Waals surface area contributed by atoms with Crippen molar-refractivity contribution in [2.45, 2.75) is 25.7 Å². The lowest BCUT2D eigenvalue weighted by atomic mass is 9.96. The number of anilines is 1. The minimum atomic E-state index is -0.913. The topological polar surface area (TPSA) is 94.4 Å². The highest BCUT2D eigenvalue weighted by Crippen LogP contribution is 2.37. The van der Waals surface area contributed by atoms with Crippen molar-refractivity contribution >= 4 is 46.0 Å². The first kappa shape index (κ1) is 18.1. The van der Waals surface area contributed by atoms with Crippen LogP contribution in [-0.4, -0.2) is 18.0 Å². The standard InChI is InChI=1S/C18H15ClN4O2S/c19-14-7-3-1-5-11(14)10-21-23-17(25)16(24)22-18-13(9-20)12-6-2-4-8-15(12)26-18/h1,3,5,7,10H,2,4,6,8H2,(H,22,24)(H,23,25)/b21-10+. The molecule has 1 aliphatic carbocycles. The molecule has 1 heterocycles. The van der Waals surface area contributed by atoms with Crippen LogP contribution in [0.3, 0.4) is 0 Å². The van der Waals surface area contributed by atoms with Gasteiger partial charge in [0, 0.05) is 15.5 Å². The third-order valence-electron chi connectivity index (χ3n) is 3.99. The maximum absolute atomic E-state index is 12.1. The molecule has 0 fully saturated rings. The Labute approximate surface area is 159 Å². The smallest absolute Gasteiger partial charge is 0.308 e. The third kappa shape index (κ3) is 3.93. The lowest BCUT2D eigenvalue weighted by Crippen LogP contribution is -2.32. The molecule has 2 amide bonds. The summed E-state index contributed by atoms with van der Waals surface area (Å²) in [5, 5.41) is 16.6. The van der Waals surface area contributed by atoms with Gasteiger partial charge in [-0.1, -0.05) is 29.8 Å². The van der Waals surface area contributed by atoms with Gasteiger partial charge in [-0.25, -0.2) is 5.43 Å². The number of fused-ring (bicyclic) bond motifs is 1. The van der Waals surface area contributed by atoms with Crippen molar-refractivity contribution in [3.8, 4) is 6.07 Å². The zero-order valence-electron chi connectivity index (χ0n) is 13.7. The summed E-state index contributed by atoms with van der Waals surface area (Å²) in [4.78, 5) is 25.1. The number of nitriles is 1. The van der Waals surface area contributed by atoms with Crippen LogP contribution >= 0.6 is 22.9 Å². The molecule has 1 aromatic carbocycles. The van der Waals surface area contributed by atoms with Gasteiger partial charge in [-0.05, 0) is 37.3 Å². The normalized spacial score (nSPS) is 13.1. The molecule has 26 heavy (non-hydrogen) atoms. The third-order valence-corrected chi connectivity index (χ3v) is 5.54. The van der Waals surface area contributed by atoms with Gasteiger partial charge in [-0.3, -0.25) is 9.59 Å². The number of carbonyl (C=O) groups excluding carboxylic acids is 2. The number of hydrogen-bond acceptors (Lipinski definition) is 5. The minimum Gasteiger partial charge on any atom is -0.308 e. The van der Waals surface area contributed by atoms with Crippen molar-refractivity contribution in [3.63, 3.8) is 0 Å². The van der Waals surface area contributed by atoms with Crippen LogP contribution in [0.5, 0.6) is 0 Å². The molecule has 0 atom stereocenters. The van der Waals surface area contributed by atoms with Crippen LogP contribution in [0.25, 0.3) is 0 Å². The lowest BCUT2D eigenvalue weighted by molar-refractivity contribution is -0.136. The second-order valence-electron chi connectivity index (χ2n) is 5.70. The van der Waals surface area contributed by atoms with E-state index in [1.54, 1.807) is 24.3 Å². The molecule has 6 nitrogen and oxygen atoms in total. The molecule has 1 aromatic heterocycles. The molecule has 0 radical (unpaired) electrons. The van der Waals surface area contributed by atoms with Gasteiger partial charge in [0.15, 0.2) is 0 Å². The Balaban J connectivity index is 1.65. The molecule has 3 rings (SSSR count). The van der Waals surface area contributed by atoms with Gasteiger partial charge in [-0.15, -0.1) is 11.3 Å². The highest BCUT2D eigenvalue weighted by Gasteiger charge is 2.23. The van der Waals surface area contributed by atoms with Crippen molar-refractivity contribution < 1.29 is 9.59 Å². The van der Waals surface area contributed by atoms with E-state index in [9.17, 15) is 14.9 Å². The van der Waals surface area contributed by atoms with Crippen LogP contribution in [0.4, 0.5) is 5.00 Å². The summed E-state index contributed by atoms with van der Waals surface area (Å²) in [6.45, 7) is 0. The Hall–Kier alpha value is -2.69. The summed E-state index contributed by atoms with van der Waals surface area (Å²) < 4.78 is 0. The van der Waals surface area contributed by atoms with Crippen LogP contribution < -0.4 is 10.7 Å². The molecule has 2 aromatic rings. The molecule has 0 aliphatic heterocycles. The predicted octanol–water partition coefficient (Wildman–Crippen LogP) is 3.24. The van der Waals surface area contributed by atoms with E-state index >= 15 is 0 Å². The molecule has 1 aliphatic rings. The summed E-state index contributed by atoms with van der Waals surface area (Å²) in [6, 6.07) is 9.12. The minimum absolute atomic E-state index is 0.426. The van der Waals surface area contributed by atoms with E-state index in [1.165, 1.54) is 17.6 Å². The largest absolute Gasteiger partial charge is 0.329 e. The monoisotopic (exact) mass is 386 g/mol. The molecular formula is C18H15ClN4O2S. The Morgan fingerprint density at radius 2 is 2.00 bits per heavy atom. The molecule has 2 N–H and O–H groups in total. The fourth-order valence-electron chi connectivity index (χ4n) is 2.72. The van der Waals surface area contributed by atoms with E-state index in [0.717, 1.165) is 36.1 Å². The van der Waals surface area contributed by atoms with Crippen LogP contribution in [0.2, 0.25) is 5.02 Å². The highest BCUT2D eigenvalue weighted by molar-refractivity contribution is 7.16. The van der Waals surface area contributed by atoms with E-state index < -0.39 is 11.8 Å². The number of benzene rings is 1. The maximum Gasteiger partial charge on any atom is 0.329 e. The number of thiophene rings is 1. The summed E-state index contributed by atoms with van der Waals surface area (Å²) in [6.07, 6.45) is 5.20. The van der Waals surface area contributed by atoms with Gasteiger partial charge < -0.3 is 5.32 Å².